The zero-order valence-corrected chi connectivity index (χ0v) is 26.8. The third-order valence-electron chi connectivity index (χ3n) is 6.33. The molecule has 15 heteroatoms. The van der Waals surface area contributed by atoms with Gasteiger partial charge in [0.2, 0.25) is 5.91 Å². The third kappa shape index (κ3) is 8.94. The highest BCUT2D eigenvalue weighted by Gasteiger charge is 2.22. The molecule has 7 N–H and O–H groups in total. The number of aromatic nitrogens is 2. The van der Waals surface area contributed by atoms with Gasteiger partial charge in [-0.15, -0.1) is 11.3 Å². The molecule has 1 atom stereocenters. The minimum Gasteiger partial charge on any atom is -0.490 e. The number of amides is 1. The molecule has 0 radical (unpaired) electrons. The number of anilines is 1. The van der Waals surface area contributed by atoms with Crippen molar-refractivity contribution in [3.05, 3.63) is 75.8 Å². The first-order valence-electron chi connectivity index (χ1n) is 13.8. The topological polar surface area (TPSA) is 216 Å². The van der Waals surface area contributed by atoms with E-state index >= 15 is 0 Å². The maximum Gasteiger partial charge on any atom is 0.323 e. The number of carbonyl (C=O) groups excluding carboxylic acids is 2. The van der Waals surface area contributed by atoms with E-state index in [9.17, 15) is 20.1 Å². The van der Waals surface area contributed by atoms with Crippen molar-refractivity contribution in [1.82, 2.24) is 15.3 Å². The minimum absolute atomic E-state index is 0.0105. The molecule has 0 aliphatic carbocycles. The van der Waals surface area contributed by atoms with Crippen molar-refractivity contribution in [1.29, 1.82) is 10.5 Å². The predicted octanol–water partition coefficient (Wildman–Crippen LogP) is 3.86. The maximum atomic E-state index is 12.1. The van der Waals surface area contributed by atoms with Gasteiger partial charge >= 0.3 is 5.97 Å². The van der Waals surface area contributed by atoms with E-state index in [1.165, 1.54) is 23.1 Å². The smallest absolute Gasteiger partial charge is 0.323 e. The first-order valence-corrected chi connectivity index (χ1v) is 16.1. The van der Waals surface area contributed by atoms with Gasteiger partial charge in [0.1, 0.15) is 58.6 Å². The Morgan fingerprint density at radius 3 is 2.39 bits per heavy atom. The first-order chi connectivity index (χ1) is 22.2. The van der Waals surface area contributed by atoms with Crippen LogP contribution in [0.3, 0.4) is 0 Å². The Balaban J connectivity index is 1.40. The Hall–Kier alpha value is -4.70. The third-order valence-corrected chi connectivity index (χ3v) is 8.53. The Bertz CT molecular complexity index is 1770. The van der Waals surface area contributed by atoms with E-state index in [-0.39, 0.29) is 49.7 Å². The van der Waals surface area contributed by atoms with Gasteiger partial charge in [0, 0.05) is 40.4 Å². The zero-order chi connectivity index (χ0) is 33.1. The molecule has 4 aromatic rings. The number of halogens is 1. The number of thioether (sulfide) groups is 1. The summed E-state index contributed by atoms with van der Waals surface area (Å²) in [4.78, 5) is 32.8. The number of nitrogens with two attached hydrogens (primary N) is 3. The van der Waals surface area contributed by atoms with E-state index < -0.39 is 17.9 Å². The fourth-order valence-electron chi connectivity index (χ4n) is 4.13. The van der Waals surface area contributed by atoms with Crippen LogP contribution in [0.15, 0.2) is 58.9 Å². The molecule has 0 fully saturated rings. The number of ether oxygens (including phenoxy) is 2. The van der Waals surface area contributed by atoms with Gasteiger partial charge in [-0.1, -0.05) is 47.6 Å². The molecule has 0 saturated heterocycles. The number of hydrogen-bond acceptors (Lipinski definition) is 13. The quantitative estimate of drug-likeness (QED) is 0.0851. The average molecular weight is 677 g/mol. The molecule has 2 aromatic carbocycles. The lowest BCUT2D eigenvalue weighted by molar-refractivity contribution is -0.147. The summed E-state index contributed by atoms with van der Waals surface area (Å²) in [7, 11) is 0. The van der Waals surface area contributed by atoms with E-state index in [4.69, 9.17) is 38.3 Å². The molecule has 2 heterocycles. The van der Waals surface area contributed by atoms with Crippen molar-refractivity contribution in [3.63, 3.8) is 0 Å². The summed E-state index contributed by atoms with van der Waals surface area (Å²) in [6, 6.07) is 17.3. The van der Waals surface area contributed by atoms with Gasteiger partial charge in [-0.25, -0.2) is 9.97 Å². The van der Waals surface area contributed by atoms with Crippen molar-refractivity contribution in [2.45, 2.75) is 23.2 Å². The molecule has 46 heavy (non-hydrogen) atoms. The second kappa shape index (κ2) is 16.6. The summed E-state index contributed by atoms with van der Waals surface area (Å²) >= 11 is 8.79. The summed E-state index contributed by atoms with van der Waals surface area (Å²) in [5, 5.41) is 26.3. The fraction of sp³-hybridized carbons (Fsp3) is 0.226. The molecule has 0 aliphatic rings. The largest absolute Gasteiger partial charge is 0.490 e. The molecule has 0 aliphatic heterocycles. The summed E-state index contributed by atoms with van der Waals surface area (Å²) in [5.74, 6) is -0.221. The summed E-state index contributed by atoms with van der Waals surface area (Å²) < 4.78 is 10.8. The standard InChI is InChI=1S/C31H29ClN8O4S2/c32-20-5-1-19(2-6-20)29-39-21(16-45-29)17-46-30-24(15-35)27(23(14-34)28(37)40-30)18-3-7-22(8-4-18)43-11-12-44-31(42)25(36)13-26(41)38-10-9-33/h1-8,16,25H,9-13,17,33,36H2,(H2,37,40)(H,38,41)/t25-/m0/s1. The van der Waals surface area contributed by atoms with Crippen molar-refractivity contribution in [2.24, 2.45) is 11.5 Å². The molecule has 0 saturated carbocycles. The van der Waals surface area contributed by atoms with Crippen LogP contribution in [0.5, 0.6) is 5.75 Å². The number of nitriles is 2. The minimum atomic E-state index is -1.11. The van der Waals surface area contributed by atoms with E-state index in [2.05, 4.69) is 27.4 Å². The number of nitrogens with zero attached hydrogens (tertiary/aromatic N) is 4. The van der Waals surface area contributed by atoms with Gasteiger partial charge < -0.3 is 32.0 Å². The second-order valence-corrected chi connectivity index (χ2v) is 11.8. The van der Waals surface area contributed by atoms with Crippen LogP contribution in [-0.2, 0) is 20.1 Å². The lowest BCUT2D eigenvalue weighted by atomic mass is 9.97. The lowest BCUT2D eigenvalue weighted by Gasteiger charge is -2.14. The monoisotopic (exact) mass is 676 g/mol. The molecule has 4 rings (SSSR count). The highest BCUT2D eigenvalue weighted by molar-refractivity contribution is 7.98. The highest BCUT2D eigenvalue weighted by Crippen LogP contribution is 2.37. The van der Waals surface area contributed by atoms with Gasteiger partial charge in [0.25, 0.3) is 0 Å². The lowest BCUT2D eigenvalue weighted by Crippen LogP contribution is -2.39. The van der Waals surface area contributed by atoms with Crippen molar-refractivity contribution >= 4 is 52.4 Å². The first kappa shape index (κ1) is 34.2. The van der Waals surface area contributed by atoms with Crippen LogP contribution in [-0.4, -0.2) is 54.2 Å². The molecule has 236 valence electrons. The Morgan fingerprint density at radius 2 is 1.72 bits per heavy atom. The molecule has 0 unspecified atom stereocenters. The van der Waals surface area contributed by atoms with Gasteiger partial charge in [-0.2, -0.15) is 10.5 Å². The number of benzene rings is 2. The van der Waals surface area contributed by atoms with Crippen LogP contribution < -0.4 is 27.3 Å². The Labute approximate surface area is 278 Å². The number of rotatable bonds is 14. The number of nitrogen functional groups attached to an aromatic ring is 1. The maximum absolute atomic E-state index is 12.1. The summed E-state index contributed by atoms with van der Waals surface area (Å²) in [6.45, 7) is 0.514. The van der Waals surface area contributed by atoms with E-state index in [0.29, 0.717) is 32.7 Å². The molecular weight excluding hydrogens is 648 g/mol. The number of pyridine rings is 1. The molecular formula is C31H29ClN8O4S2. The number of hydrogen-bond donors (Lipinski definition) is 4. The van der Waals surface area contributed by atoms with Crippen LogP contribution >= 0.6 is 34.7 Å². The number of esters is 1. The normalized spacial score (nSPS) is 11.2. The van der Waals surface area contributed by atoms with Crippen LogP contribution in [0, 0.1) is 22.7 Å². The number of thiazole rings is 1. The molecule has 0 bridgehead atoms. The fourth-order valence-corrected chi connectivity index (χ4v) is 6.07. The van der Waals surface area contributed by atoms with E-state index in [1.807, 2.05) is 17.5 Å². The SMILES string of the molecule is N#Cc1c(N)nc(SCc2csc(-c3ccc(Cl)cc3)n2)c(C#N)c1-c1ccc(OCCOC(=O)[C@@H](N)CC(=O)NCCN)cc1. The summed E-state index contributed by atoms with van der Waals surface area (Å²) in [6.07, 6.45) is -0.216. The van der Waals surface area contributed by atoms with E-state index in [1.54, 1.807) is 36.4 Å². The molecule has 2 aromatic heterocycles. The molecule has 12 nitrogen and oxygen atoms in total. The average Bonchev–Trinajstić information content (AvgIpc) is 3.54. The van der Waals surface area contributed by atoms with Gasteiger partial charge in [0.15, 0.2) is 0 Å². The predicted molar refractivity (Wildman–Crippen MR) is 177 cm³/mol. The van der Waals surface area contributed by atoms with Crippen LogP contribution in [0.2, 0.25) is 5.02 Å². The van der Waals surface area contributed by atoms with Crippen LogP contribution in [0.1, 0.15) is 23.2 Å². The van der Waals surface area contributed by atoms with Crippen LogP contribution in [0.25, 0.3) is 21.7 Å². The molecule has 1 amide bonds. The van der Waals surface area contributed by atoms with Crippen LogP contribution in [0.4, 0.5) is 5.82 Å². The Morgan fingerprint density at radius 1 is 1.02 bits per heavy atom. The van der Waals surface area contributed by atoms with Gasteiger partial charge in [-0.3, -0.25) is 9.59 Å². The highest BCUT2D eigenvalue weighted by atomic mass is 35.5. The zero-order valence-electron chi connectivity index (χ0n) is 24.4. The van der Waals surface area contributed by atoms with Gasteiger partial charge in [-0.05, 0) is 29.8 Å². The number of carbonyl (C=O) groups is 2. The summed E-state index contributed by atoms with van der Waals surface area (Å²) in [5.41, 5.74) is 20.2. The van der Waals surface area contributed by atoms with Crippen molar-refractivity contribution < 1.29 is 19.1 Å². The second-order valence-electron chi connectivity index (χ2n) is 9.58. The number of nitrogens with one attached hydrogen (secondary N) is 1. The van der Waals surface area contributed by atoms with E-state index in [0.717, 1.165) is 16.3 Å². The van der Waals surface area contributed by atoms with Crippen molar-refractivity contribution in [2.75, 3.05) is 32.0 Å². The van der Waals surface area contributed by atoms with Crippen molar-refractivity contribution in [3.8, 4) is 39.6 Å². The molecule has 0 spiro atoms. The van der Waals surface area contributed by atoms with Gasteiger partial charge in [0.05, 0.1) is 17.7 Å². The Kier molecular flexibility index (Phi) is 12.3.